The van der Waals surface area contributed by atoms with Gasteiger partial charge in [-0.05, 0) is 62.1 Å². The van der Waals surface area contributed by atoms with Gasteiger partial charge in [-0.1, -0.05) is 0 Å². The number of rotatable bonds is 5. The lowest BCUT2D eigenvalue weighted by Crippen LogP contribution is -2.46. The monoisotopic (exact) mass is 381 g/mol. The number of nitrogens with one attached hydrogen (secondary N) is 2. The lowest BCUT2D eigenvalue weighted by Gasteiger charge is -2.31. The molecule has 0 unspecified atom stereocenters. The Balaban J connectivity index is 1.26. The Morgan fingerprint density at radius 3 is 2.29 bits per heavy atom. The summed E-state index contributed by atoms with van der Waals surface area (Å²) in [5.41, 5.74) is 1.26. The van der Waals surface area contributed by atoms with Gasteiger partial charge in [0.25, 0.3) is 11.8 Å². The molecule has 2 N–H and O–H groups in total. The van der Waals surface area contributed by atoms with Crippen molar-refractivity contribution in [3.05, 3.63) is 54.0 Å². The Kier molecular flexibility index (Phi) is 5.14. The average molecular weight is 381 g/mol. The molecular formula is C21H23N3O4. The zero-order valence-electron chi connectivity index (χ0n) is 15.5. The molecule has 28 heavy (non-hydrogen) atoms. The minimum Gasteiger partial charge on any atom is -0.459 e. The molecule has 1 aromatic carbocycles. The lowest BCUT2D eigenvalue weighted by atomic mass is 10.0. The number of anilines is 1. The van der Waals surface area contributed by atoms with Gasteiger partial charge >= 0.3 is 0 Å². The number of carbonyl (C=O) groups is 3. The Morgan fingerprint density at radius 1 is 0.964 bits per heavy atom. The maximum atomic E-state index is 12.5. The van der Waals surface area contributed by atoms with Crippen LogP contribution in [0.25, 0.3) is 0 Å². The number of likely N-dealkylation sites (tertiary alicyclic amines) is 1. The number of hydrogen-bond acceptors (Lipinski definition) is 4. The van der Waals surface area contributed by atoms with Gasteiger partial charge in [-0.2, -0.15) is 0 Å². The van der Waals surface area contributed by atoms with E-state index in [2.05, 4.69) is 10.6 Å². The van der Waals surface area contributed by atoms with Gasteiger partial charge in [-0.25, -0.2) is 0 Å². The quantitative estimate of drug-likeness (QED) is 0.833. The predicted octanol–water partition coefficient (Wildman–Crippen LogP) is 2.66. The third kappa shape index (κ3) is 4.24. The third-order valence-electron chi connectivity index (χ3n) is 5.21. The highest BCUT2D eigenvalue weighted by atomic mass is 16.3. The van der Waals surface area contributed by atoms with Crippen molar-refractivity contribution in [1.82, 2.24) is 10.2 Å². The molecule has 2 aromatic rings. The normalized spacial score (nSPS) is 17.2. The van der Waals surface area contributed by atoms with E-state index in [1.54, 1.807) is 41.3 Å². The van der Waals surface area contributed by atoms with E-state index in [1.807, 2.05) is 0 Å². The zero-order valence-corrected chi connectivity index (χ0v) is 15.5. The van der Waals surface area contributed by atoms with Crippen molar-refractivity contribution in [3.8, 4) is 0 Å². The van der Waals surface area contributed by atoms with Crippen molar-refractivity contribution in [3.63, 3.8) is 0 Å². The molecule has 7 nitrogen and oxygen atoms in total. The van der Waals surface area contributed by atoms with Gasteiger partial charge in [0.15, 0.2) is 5.76 Å². The Hall–Kier alpha value is -3.09. The van der Waals surface area contributed by atoms with Crippen LogP contribution in [-0.2, 0) is 4.79 Å². The molecule has 146 valence electrons. The van der Waals surface area contributed by atoms with Crippen molar-refractivity contribution in [1.29, 1.82) is 0 Å². The topological polar surface area (TPSA) is 91.7 Å². The smallest absolute Gasteiger partial charge is 0.289 e. The zero-order chi connectivity index (χ0) is 19.5. The summed E-state index contributed by atoms with van der Waals surface area (Å²) in [4.78, 5) is 38.3. The van der Waals surface area contributed by atoms with Gasteiger partial charge in [0.05, 0.1) is 6.26 Å². The van der Waals surface area contributed by atoms with Gasteiger partial charge in [0.1, 0.15) is 0 Å². The molecule has 0 atom stereocenters. The van der Waals surface area contributed by atoms with Gasteiger partial charge < -0.3 is 20.0 Å². The molecule has 3 amide bonds. The largest absolute Gasteiger partial charge is 0.459 e. The van der Waals surface area contributed by atoms with E-state index < -0.39 is 0 Å². The van der Waals surface area contributed by atoms with Crippen LogP contribution in [0.1, 0.15) is 46.6 Å². The first-order valence-electron chi connectivity index (χ1n) is 9.65. The summed E-state index contributed by atoms with van der Waals surface area (Å²) in [5, 5.41) is 5.89. The lowest BCUT2D eigenvalue weighted by molar-refractivity contribution is -0.117. The van der Waals surface area contributed by atoms with Gasteiger partial charge in [-0.3, -0.25) is 14.4 Å². The van der Waals surface area contributed by atoms with E-state index in [4.69, 9.17) is 4.42 Å². The summed E-state index contributed by atoms with van der Waals surface area (Å²) in [6.45, 7) is 1.16. The van der Waals surface area contributed by atoms with Crippen LogP contribution in [0.5, 0.6) is 0 Å². The first-order valence-corrected chi connectivity index (χ1v) is 9.65. The minimum atomic E-state index is -0.143. The molecule has 2 aliphatic rings. The van der Waals surface area contributed by atoms with Gasteiger partial charge in [0, 0.05) is 36.3 Å². The summed E-state index contributed by atoms with van der Waals surface area (Å²) in [6.07, 6.45) is 4.81. The maximum absolute atomic E-state index is 12.5. The predicted molar refractivity (Wildman–Crippen MR) is 103 cm³/mol. The number of piperidine rings is 1. The molecular weight excluding hydrogens is 358 g/mol. The van der Waals surface area contributed by atoms with Crippen LogP contribution < -0.4 is 10.6 Å². The van der Waals surface area contributed by atoms with E-state index >= 15 is 0 Å². The maximum Gasteiger partial charge on any atom is 0.289 e. The van der Waals surface area contributed by atoms with E-state index in [0.717, 1.165) is 12.8 Å². The number of amides is 3. The summed E-state index contributed by atoms with van der Waals surface area (Å²) in [5.74, 6) is 0.285. The van der Waals surface area contributed by atoms with E-state index in [9.17, 15) is 14.4 Å². The fourth-order valence-corrected chi connectivity index (χ4v) is 3.35. The molecule has 0 radical (unpaired) electrons. The van der Waals surface area contributed by atoms with E-state index in [1.165, 1.54) is 6.26 Å². The highest BCUT2D eigenvalue weighted by molar-refractivity contribution is 5.97. The molecule has 1 aromatic heterocycles. The Labute approximate surface area is 163 Å². The number of hydrogen-bond donors (Lipinski definition) is 2. The highest BCUT2D eigenvalue weighted by Crippen LogP contribution is 2.30. The van der Waals surface area contributed by atoms with Crippen molar-refractivity contribution in [2.75, 3.05) is 18.4 Å². The average Bonchev–Trinajstić information content (AvgIpc) is 3.43. The summed E-state index contributed by atoms with van der Waals surface area (Å²) < 4.78 is 5.16. The van der Waals surface area contributed by atoms with Gasteiger partial charge in [0.2, 0.25) is 5.91 Å². The van der Waals surface area contributed by atoms with Gasteiger partial charge in [-0.15, -0.1) is 0 Å². The minimum absolute atomic E-state index is 0.0300. The summed E-state index contributed by atoms with van der Waals surface area (Å²) in [6, 6.07) is 10.3. The van der Waals surface area contributed by atoms with Crippen LogP contribution >= 0.6 is 0 Å². The number of benzene rings is 1. The molecule has 2 heterocycles. The fourth-order valence-electron chi connectivity index (χ4n) is 3.35. The molecule has 0 spiro atoms. The Bertz CT molecular complexity index is 848. The molecule has 1 saturated heterocycles. The van der Waals surface area contributed by atoms with Crippen molar-refractivity contribution >= 4 is 23.4 Å². The van der Waals surface area contributed by atoms with E-state index in [-0.39, 0.29) is 29.7 Å². The summed E-state index contributed by atoms with van der Waals surface area (Å²) >= 11 is 0. The van der Waals surface area contributed by atoms with Crippen LogP contribution in [0.3, 0.4) is 0 Å². The summed E-state index contributed by atoms with van der Waals surface area (Å²) in [7, 11) is 0. The van der Waals surface area contributed by atoms with Crippen LogP contribution in [0.15, 0.2) is 47.1 Å². The third-order valence-corrected chi connectivity index (χ3v) is 5.21. The van der Waals surface area contributed by atoms with Crippen LogP contribution in [-0.4, -0.2) is 41.8 Å². The number of carbonyl (C=O) groups excluding carboxylic acids is 3. The first-order chi connectivity index (χ1) is 13.6. The molecule has 0 bridgehead atoms. The van der Waals surface area contributed by atoms with E-state index in [0.29, 0.717) is 42.9 Å². The molecule has 1 aliphatic carbocycles. The molecule has 7 heteroatoms. The number of furan rings is 1. The molecule has 1 saturated carbocycles. The highest BCUT2D eigenvalue weighted by Gasteiger charge is 2.29. The Morgan fingerprint density at radius 2 is 1.68 bits per heavy atom. The van der Waals surface area contributed by atoms with Crippen molar-refractivity contribution in [2.24, 2.45) is 5.92 Å². The first kappa shape index (κ1) is 18.3. The second-order valence-corrected chi connectivity index (χ2v) is 7.36. The standard InChI is InChI=1S/C21H23N3O4/c25-19(14-3-4-14)22-16-7-5-15(6-8-16)20(26)23-17-9-11-24(12-10-17)21(27)18-2-1-13-28-18/h1-2,5-8,13-14,17H,3-4,9-12H2,(H,22,25)(H,23,26). The SMILES string of the molecule is O=C(NC1CCN(C(=O)c2ccco2)CC1)c1ccc(NC(=O)C2CC2)cc1. The van der Waals surface area contributed by atoms with Crippen LogP contribution in [0.2, 0.25) is 0 Å². The fraction of sp³-hybridized carbons (Fsp3) is 0.381. The second-order valence-electron chi connectivity index (χ2n) is 7.36. The number of nitrogens with zero attached hydrogens (tertiary/aromatic N) is 1. The molecule has 4 rings (SSSR count). The van der Waals surface area contributed by atoms with Crippen molar-refractivity contribution in [2.45, 2.75) is 31.7 Å². The van der Waals surface area contributed by atoms with Crippen LogP contribution in [0.4, 0.5) is 5.69 Å². The second kappa shape index (κ2) is 7.88. The van der Waals surface area contributed by atoms with Crippen LogP contribution in [0, 0.1) is 5.92 Å². The van der Waals surface area contributed by atoms with Crippen molar-refractivity contribution < 1.29 is 18.8 Å². The molecule has 1 aliphatic heterocycles. The molecule has 2 fully saturated rings.